The number of piperidine rings is 1. The average Bonchev–Trinajstić information content (AvgIpc) is 3.28. The van der Waals surface area contributed by atoms with Crippen molar-refractivity contribution in [3.8, 4) is 0 Å². The van der Waals surface area contributed by atoms with Crippen LogP contribution in [0.4, 0.5) is 4.39 Å². The lowest BCUT2D eigenvalue weighted by Gasteiger charge is -2.40. The van der Waals surface area contributed by atoms with Gasteiger partial charge in [-0.1, -0.05) is 36.4 Å². The van der Waals surface area contributed by atoms with Crippen LogP contribution in [-0.4, -0.2) is 52.1 Å². The highest BCUT2D eigenvalue weighted by Gasteiger charge is 2.42. The molecule has 3 atom stereocenters. The number of halogens is 1. The maximum absolute atomic E-state index is 14.3. The van der Waals surface area contributed by atoms with E-state index in [0.717, 1.165) is 50.2 Å². The Kier molecular flexibility index (Phi) is 6.06. The van der Waals surface area contributed by atoms with Crippen LogP contribution in [0.1, 0.15) is 55.6 Å². The molecule has 3 aliphatic rings. The van der Waals surface area contributed by atoms with Crippen molar-refractivity contribution in [2.75, 3.05) is 19.6 Å². The molecule has 184 valence electrons. The van der Waals surface area contributed by atoms with Gasteiger partial charge < -0.3 is 15.2 Å². The van der Waals surface area contributed by atoms with Crippen molar-refractivity contribution < 1.29 is 9.18 Å². The number of carbonyl (C=O) groups is 1. The highest BCUT2D eigenvalue weighted by atomic mass is 19.1. The molecule has 1 amide bonds. The van der Waals surface area contributed by atoms with E-state index in [4.69, 9.17) is 0 Å². The number of hydrogen-bond donors (Lipinski definition) is 2. The fraction of sp³-hybridized carbons (Fsp3) is 0.500. The van der Waals surface area contributed by atoms with E-state index in [0.29, 0.717) is 23.6 Å². The van der Waals surface area contributed by atoms with Gasteiger partial charge in [-0.2, -0.15) is 0 Å². The topological polar surface area (TPSA) is 62.2 Å². The van der Waals surface area contributed by atoms with Crippen LogP contribution in [0, 0.1) is 18.7 Å². The lowest BCUT2D eigenvalue weighted by Crippen LogP contribution is -2.51. The number of carbonyl (C=O) groups excluding carboxylic acids is 1. The number of benzene rings is 2. The summed E-state index contributed by atoms with van der Waals surface area (Å²) < 4.78 is 16.6. The van der Waals surface area contributed by atoms with E-state index in [2.05, 4.69) is 49.4 Å². The molecule has 0 spiro atoms. The van der Waals surface area contributed by atoms with E-state index in [9.17, 15) is 9.18 Å². The monoisotopic (exact) mass is 475 g/mol. The Morgan fingerprint density at radius 1 is 1.09 bits per heavy atom. The van der Waals surface area contributed by atoms with E-state index in [-0.39, 0.29) is 23.7 Å². The zero-order valence-electron chi connectivity index (χ0n) is 20.3. The van der Waals surface area contributed by atoms with Crippen LogP contribution in [0.2, 0.25) is 0 Å². The Morgan fingerprint density at radius 3 is 2.51 bits per heavy atom. The van der Waals surface area contributed by atoms with Crippen molar-refractivity contribution >= 4 is 16.9 Å². The molecule has 2 unspecified atom stereocenters. The van der Waals surface area contributed by atoms with E-state index in [1.165, 1.54) is 24.5 Å². The number of amides is 1. The smallest absolute Gasteiger partial charge is 0.226 e. The van der Waals surface area contributed by atoms with Crippen LogP contribution in [-0.2, 0) is 4.79 Å². The van der Waals surface area contributed by atoms with Gasteiger partial charge in [0, 0.05) is 37.8 Å². The van der Waals surface area contributed by atoms with Crippen LogP contribution in [0.3, 0.4) is 0 Å². The molecule has 35 heavy (non-hydrogen) atoms. The summed E-state index contributed by atoms with van der Waals surface area (Å²) in [5.41, 5.74) is 2.58. The maximum atomic E-state index is 14.3. The molecule has 1 aromatic heterocycles. The Hall–Kier alpha value is -2.77. The predicted octanol–water partition coefficient (Wildman–Crippen LogP) is 4.12. The molecule has 3 saturated heterocycles. The summed E-state index contributed by atoms with van der Waals surface area (Å²) >= 11 is 0. The quantitative estimate of drug-likeness (QED) is 0.540. The number of nitrogens with one attached hydrogen (secondary N) is 2. The lowest BCUT2D eigenvalue weighted by atomic mass is 9.95. The van der Waals surface area contributed by atoms with Crippen LogP contribution in [0.25, 0.3) is 11.0 Å². The van der Waals surface area contributed by atoms with Gasteiger partial charge in [0.2, 0.25) is 5.91 Å². The Bertz CT molecular complexity index is 1190. The minimum atomic E-state index is -0.239. The summed E-state index contributed by atoms with van der Waals surface area (Å²) in [6, 6.07) is 17.1. The Labute approximate surface area is 205 Å². The second-order valence-corrected chi connectivity index (χ2v) is 10.5. The number of para-hydroxylation sites is 1. The molecule has 2 aromatic carbocycles. The summed E-state index contributed by atoms with van der Waals surface area (Å²) in [5.74, 6) is 0.914. The van der Waals surface area contributed by atoms with Gasteiger partial charge in [-0.15, -0.1) is 0 Å². The minimum Gasteiger partial charge on any atom is -0.349 e. The normalized spacial score (nSPS) is 25.5. The molecule has 6 rings (SSSR count). The Morgan fingerprint density at radius 2 is 1.83 bits per heavy atom. The third kappa shape index (κ3) is 4.25. The molecular weight excluding hydrogens is 441 g/mol. The standard InChI is InChI=1S/C28H34FN5O/c1-18-31-27-24(29)8-5-9-26(27)34(18)23-14-21-10-11-22(15-23)33(21)13-12-25(19-6-3-2-4-7-19)32-28(35)20-16-30-17-20/h2-9,20-23,25,30H,10-17H2,1H3,(H,32,35)/t21?,22?,23?,25-/m0/s1. The number of nitrogens with zero attached hydrogens (tertiary/aromatic N) is 3. The van der Waals surface area contributed by atoms with Crippen molar-refractivity contribution in [2.24, 2.45) is 5.92 Å². The van der Waals surface area contributed by atoms with E-state index < -0.39 is 0 Å². The molecule has 0 radical (unpaired) electrons. The van der Waals surface area contributed by atoms with Gasteiger partial charge in [-0.3, -0.25) is 9.69 Å². The molecule has 3 aliphatic heterocycles. The zero-order valence-corrected chi connectivity index (χ0v) is 20.3. The fourth-order valence-electron chi connectivity index (χ4n) is 6.53. The van der Waals surface area contributed by atoms with Crippen molar-refractivity contribution in [3.63, 3.8) is 0 Å². The van der Waals surface area contributed by atoms with Gasteiger partial charge in [0.1, 0.15) is 11.3 Å². The molecule has 0 aliphatic carbocycles. The van der Waals surface area contributed by atoms with E-state index >= 15 is 0 Å². The van der Waals surface area contributed by atoms with Gasteiger partial charge in [0.15, 0.2) is 5.82 Å². The van der Waals surface area contributed by atoms with Crippen LogP contribution >= 0.6 is 0 Å². The number of aryl methyl sites for hydroxylation is 1. The first kappa shape index (κ1) is 22.7. The van der Waals surface area contributed by atoms with Gasteiger partial charge in [0.25, 0.3) is 0 Å². The SMILES string of the molecule is Cc1nc2c(F)cccc2n1C1CC2CCC(C1)N2CC[C@H](NC(=O)C1CNC1)c1ccccc1. The Balaban J connectivity index is 1.16. The van der Waals surface area contributed by atoms with Crippen LogP contribution < -0.4 is 10.6 Å². The number of hydrogen-bond acceptors (Lipinski definition) is 4. The van der Waals surface area contributed by atoms with E-state index in [1.807, 2.05) is 19.1 Å². The summed E-state index contributed by atoms with van der Waals surface area (Å²) in [5, 5.41) is 6.53. The molecule has 2 N–H and O–H groups in total. The highest BCUT2D eigenvalue weighted by molar-refractivity contribution is 5.80. The van der Waals surface area contributed by atoms with Gasteiger partial charge in [-0.25, -0.2) is 9.37 Å². The van der Waals surface area contributed by atoms with Crippen molar-refractivity contribution in [2.45, 2.75) is 63.2 Å². The summed E-state index contributed by atoms with van der Waals surface area (Å²) in [7, 11) is 0. The van der Waals surface area contributed by atoms with E-state index in [1.54, 1.807) is 6.07 Å². The summed E-state index contributed by atoms with van der Waals surface area (Å²) in [6.45, 7) is 4.52. The number of aromatic nitrogens is 2. The van der Waals surface area contributed by atoms with Crippen LogP contribution in [0.5, 0.6) is 0 Å². The predicted molar refractivity (Wildman–Crippen MR) is 135 cm³/mol. The first-order chi connectivity index (χ1) is 17.1. The van der Waals surface area contributed by atoms with Crippen molar-refractivity contribution in [3.05, 3.63) is 65.7 Å². The lowest BCUT2D eigenvalue weighted by molar-refractivity contribution is -0.127. The molecule has 3 fully saturated rings. The second kappa shape index (κ2) is 9.36. The second-order valence-electron chi connectivity index (χ2n) is 10.5. The zero-order chi connectivity index (χ0) is 23.9. The average molecular weight is 476 g/mol. The number of rotatable bonds is 7. The molecule has 4 heterocycles. The van der Waals surface area contributed by atoms with Crippen LogP contribution in [0.15, 0.2) is 48.5 Å². The highest BCUT2D eigenvalue weighted by Crippen LogP contribution is 2.42. The summed E-state index contributed by atoms with van der Waals surface area (Å²) in [6.07, 6.45) is 5.45. The van der Waals surface area contributed by atoms with Gasteiger partial charge in [0.05, 0.1) is 17.5 Å². The van der Waals surface area contributed by atoms with Gasteiger partial charge >= 0.3 is 0 Å². The number of fused-ring (bicyclic) bond motifs is 3. The molecule has 2 bridgehead atoms. The maximum Gasteiger partial charge on any atom is 0.226 e. The number of imidazole rings is 1. The third-order valence-electron chi connectivity index (χ3n) is 8.42. The molecule has 3 aromatic rings. The van der Waals surface area contributed by atoms with Crippen molar-refractivity contribution in [1.82, 2.24) is 25.1 Å². The first-order valence-electron chi connectivity index (χ1n) is 13.0. The van der Waals surface area contributed by atoms with Crippen molar-refractivity contribution in [1.29, 1.82) is 0 Å². The van der Waals surface area contributed by atoms with Gasteiger partial charge in [-0.05, 0) is 56.7 Å². The molecule has 7 heteroatoms. The largest absolute Gasteiger partial charge is 0.349 e. The summed E-state index contributed by atoms with van der Waals surface area (Å²) in [4.78, 5) is 20.0. The minimum absolute atomic E-state index is 0.0317. The molecule has 0 saturated carbocycles. The fourth-order valence-corrected chi connectivity index (χ4v) is 6.53. The molecular formula is C28H34FN5O. The first-order valence-corrected chi connectivity index (χ1v) is 13.0. The third-order valence-corrected chi connectivity index (χ3v) is 8.42. The molecule has 6 nitrogen and oxygen atoms in total.